The van der Waals surface area contributed by atoms with Crippen molar-refractivity contribution in [3.05, 3.63) is 17.5 Å². The molecule has 1 amide bonds. The largest absolute Gasteiger partial charge is 0.480 e. The van der Waals surface area contributed by atoms with Gasteiger partial charge in [0.2, 0.25) is 0 Å². The Morgan fingerprint density at radius 2 is 2.06 bits per heavy atom. The summed E-state index contributed by atoms with van der Waals surface area (Å²) in [5.74, 6) is -1.68. The van der Waals surface area contributed by atoms with Crippen molar-refractivity contribution in [3.63, 3.8) is 0 Å². The number of aryl methyl sites for hydroxylation is 2. The van der Waals surface area contributed by atoms with E-state index in [1.54, 1.807) is 31.6 Å². The van der Waals surface area contributed by atoms with E-state index in [1.165, 1.54) is 0 Å². The minimum Gasteiger partial charge on any atom is -0.480 e. The molecule has 0 fully saturated rings. The van der Waals surface area contributed by atoms with Crippen LogP contribution in [0.1, 0.15) is 30.0 Å². The van der Waals surface area contributed by atoms with Gasteiger partial charge in [-0.2, -0.15) is 5.10 Å². The molecule has 17 heavy (non-hydrogen) atoms. The summed E-state index contributed by atoms with van der Waals surface area (Å²) in [6.07, 6.45) is 0. The third-order valence-electron chi connectivity index (χ3n) is 2.57. The third-order valence-corrected chi connectivity index (χ3v) is 2.57. The number of aromatic nitrogens is 2. The molecule has 0 aromatic carbocycles. The fourth-order valence-corrected chi connectivity index (χ4v) is 1.40. The molecular formula is C11H17N3O3. The van der Waals surface area contributed by atoms with Gasteiger partial charge in [-0.05, 0) is 18.9 Å². The standard InChI is InChI=1S/C11H17N3O3/c1-6(2)9(11(16)17)12-10(15)8-5-7(3)14(4)13-8/h5-6,9H,1-4H3,(H,12,15)(H,16,17)/t9-/m0/s1. The Morgan fingerprint density at radius 1 is 1.47 bits per heavy atom. The molecule has 0 saturated carbocycles. The van der Waals surface area contributed by atoms with E-state index >= 15 is 0 Å². The summed E-state index contributed by atoms with van der Waals surface area (Å²) in [6.45, 7) is 5.30. The SMILES string of the molecule is Cc1cc(C(=O)N[C@H](C(=O)O)C(C)C)nn1C. The van der Waals surface area contributed by atoms with E-state index in [4.69, 9.17) is 5.11 Å². The zero-order valence-corrected chi connectivity index (χ0v) is 10.4. The van der Waals surface area contributed by atoms with Gasteiger partial charge in [0.25, 0.3) is 5.91 Å². The Kier molecular flexibility index (Phi) is 3.88. The van der Waals surface area contributed by atoms with Crippen molar-refractivity contribution in [1.29, 1.82) is 0 Å². The van der Waals surface area contributed by atoms with Crippen LogP contribution in [0, 0.1) is 12.8 Å². The highest BCUT2D eigenvalue weighted by atomic mass is 16.4. The molecular weight excluding hydrogens is 222 g/mol. The topological polar surface area (TPSA) is 84.2 Å². The third kappa shape index (κ3) is 3.05. The predicted molar refractivity (Wildman–Crippen MR) is 61.7 cm³/mol. The number of rotatable bonds is 4. The smallest absolute Gasteiger partial charge is 0.326 e. The van der Waals surface area contributed by atoms with E-state index in [-0.39, 0.29) is 11.6 Å². The van der Waals surface area contributed by atoms with Gasteiger partial charge in [-0.15, -0.1) is 0 Å². The first-order chi connectivity index (χ1) is 7.82. The van der Waals surface area contributed by atoms with Crippen LogP contribution in [-0.2, 0) is 11.8 Å². The van der Waals surface area contributed by atoms with Crippen molar-refractivity contribution in [2.75, 3.05) is 0 Å². The van der Waals surface area contributed by atoms with Crippen molar-refractivity contribution in [2.24, 2.45) is 13.0 Å². The van der Waals surface area contributed by atoms with Gasteiger partial charge in [-0.25, -0.2) is 4.79 Å². The molecule has 0 radical (unpaired) electrons. The van der Waals surface area contributed by atoms with Crippen molar-refractivity contribution < 1.29 is 14.7 Å². The van der Waals surface area contributed by atoms with Gasteiger partial charge < -0.3 is 10.4 Å². The maximum absolute atomic E-state index is 11.8. The lowest BCUT2D eigenvalue weighted by atomic mass is 10.0. The van der Waals surface area contributed by atoms with Gasteiger partial charge in [0.05, 0.1) is 0 Å². The zero-order chi connectivity index (χ0) is 13.2. The van der Waals surface area contributed by atoms with Crippen LogP contribution >= 0.6 is 0 Å². The quantitative estimate of drug-likeness (QED) is 0.804. The number of carboxylic acids is 1. The summed E-state index contributed by atoms with van der Waals surface area (Å²) in [5.41, 5.74) is 1.07. The predicted octanol–water partition coefficient (Wildman–Crippen LogP) is 0.568. The summed E-state index contributed by atoms with van der Waals surface area (Å²) < 4.78 is 1.57. The molecule has 0 aliphatic rings. The first kappa shape index (κ1) is 13.2. The van der Waals surface area contributed by atoms with E-state index in [2.05, 4.69) is 10.4 Å². The van der Waals surface area contributed by atoms with Gasteiger partial charge in [-0.3, -0.25) is 9.48 Å². The van der Waals surface area contributed by atoms with Crippen LogP contribution in [0.2, 0.25) is 0 Å². The van der Waals surface area contributed by atoms with Gasteiger partial charge >= 0.3 is 5.97 Å². The molecule has 0 bridgehead atoms. The van der Waals surface area contributed by atoms with E-state index in [1.807, 2.05) is 6.92 Å². The van der Waals surface area contributed by atoms with Crippen LogP contribution in [0.3, 0.4) is 0 Å². The molecule has 0 spiro atoms. The van der Waals surface area contributed by atoms with Crippen molar-refractivity contribution in [3.8, 4) is 0 Å². The first-order valence-corrected chi connectivity index (χ1v) is 5.37. The average Bonchev–Trinajstić information content (AvgIpc) is 2.54. The average molecular weight is 239 g/mol. The van der Waals surface area contributed by atoms with E-state index in [9.17, 15) is 9.59 Å². The van der Waals surface area contributed by atoms with Gasteiger partial charge in [0, 0.05) is 12.7 Å². The molecule has 1 aromatic heterocycles. The number of aliphatic carboxylic acids is 1. The Bertz CT molecular complexity index is 418. The second-order valence-corrected chi connectivity index (χ2v) is 4.33. The summed E-state index contributed by atoms with van der Waals surface area (Å²) in [6, 6.07) is 0.721. The van der Waals surface area contributed by atoms with Gasteiger partial charge in [0.1, 0.15) is 11.7 Å². The van der Waals surface area contributed by atoms with E-state index < -0.39 is 17.9 Å². The van der Waals surface area contributed by atoms with Crippen LogP contribution in [0.5, 0.6) is 0 Å². The molecule has 0 saturated heterocycles. The number of amides is 1. The Balaban J connectivity index is 2.81. The molecule has 6 nitrogen and oxygen atoms in total. The van der Waals surface area contributed by atoms with Crippen LogP contribution < -0.4 is 5.32 Å². The second-order valence-electron chi connectivity index (χ2n) is 4.33. The Labute approximate surface area is 99.6 Å². The number of hydrogen-bond donors (Lipinski definition) is 2. The normalized spacial score (nSPS) is 12.5. The number of carbonyl (C=O) groups is 2. The molecule has 0 unspecified atom stereocenters. The van der Waals surface area contributed by atoms with Crippen LogP contribution in [0.25, 0.3) is 0 Å². The Hall–Kier alpha value is -1.85. The minimum absolute atomic E-state index is 0.179. The van der Waals surface area contributed by atoms with Crippen LogP contribution in [0.15, 0.2) is 6.07 Å². The molecule has 1 heterocycles. The molecule has 0 aliphatic carbocycles. The number of nitrogens with zero attached hydrogens (tertiary/aromatic N) is 2. The second kappa shape index (κ2) is 4.99. The number of hydrogen-bond acceptors (Lipinski definition) is 3. The summed E-state index contributed by atoms with van der Waals surface area (Å²) >= 11 is 0. The van der Waals surface area contributed by atoms with Crippen LogP contribution in [0.4, 0.5) is 0 Å². The first-order valence-electron chi connectivity index (χ1n) is 5.37. The highest BCUT2D eigenvalue weighted by molar-refractivity contribution is 5.95. The maximum Gasteiger partial charge on any atom is 0.326 e. The number of carboxylic acid groups (broad SMARTS) is 1. The van der Waals surface area contributed by atoms with E-state index in [0.29, 0.717) is 0 Å². The fourth-order valence-electron chi connectivity index (χ4n) is 1.40. The molecule has 1 rings (SSSR count). The lowest BCUT2D eigenvalue weighted by Gasteiger charge is -2.16. The van der Waals surface area contributed by atoms with Crippen LogP contribution in [-0.4, -0.2) is 32.8 Å². The lowest BCUT2D eigenvalue weighted by Crippen LogP contribution is -2.44. The fraction of sp³-hybridized carbons (Fsp3) is 0.545. The highest BCUT2D eigenvalue weighted by Crippen LogP contribution is 2.05. The monoisotopic (exact) mass is 239 g/mol. The molecule has 6 heteroatoms. The van der Waals surface area contributed by atoms with Crippen molar-refractivity contribution in [2.45, 2.75) is 26.8 Å². The highest BCUT2D eigenvalue weighted by Gasteiger charge is 2.24. The summed E-state index contributed by atoms with van der Waals surface area (Å²) in [7, 11) is 1.73. The molecule has 1 aromatic rings. The van der Waals surface area contributed by atoms with Crippen molar-refractivity contribution in [1.82, 2.24) is 15.1 Å². The van der Waals surface area contributed by atoms with Gasteiger partial charge in [-0.1, -0.05) is 13.8 Å². The van der Waals surface area contributed by atoms with E-state index in [0.717, 1.165) is 5.69 Å². The summed E-state index contributed by atoms with van der Waals surface area (Å²) in [4.78, 5) is 22.7. The summed E-state index contributed by atoms with van der Waals surface area (Å²) in [5, 5.41) is 15.4. The maximum atomic E-state index is 11.8. The Morgan fingerprint density at radius 3 is 2.41 bits per heavy atom. The molecule has 0 aliphatic heterocycles. The van der Waals surface area contributed by atoms with Crippen molar-refractivity contribution >= 4 is 11.9 Å². The molecule has 2 N–H and O–H groups in total. The minimum atomic E-state index is -1.04. The van der Waals surface area contributed by atoms with Gasteiger partial charge in [0.15, 0.2) is 0 Å². The zero-order valence-electron chi connectivity index (χ0n) is 10.4. The number of carbonyl (C=O) groups excluding carboxylic acids is 1. The molecule has 1 atom stereocenters. The lowest BCUT2D eigenvalue weighted by molar-refractivity contribution is -0.140. The number of nitrogens with one attached hydrogen (secondary N) is 1. The molecule has 94 valence electrons.